The van der Waals surface area contributed by atoms with Gasteiger partial charge in [-0.3, -0.25) is 13.9 Å². The molecule has 0 saturated carbocycles. The molecule has 0 bridgehead atoms. The van der Waals surface area contributed by atoms with Gasteiger partial charge in [-0.05, 0) is 31.6 Å². The van der Waals surface area contributed by atoms with Gasteiger partial charge in [0.25, 0.3) is 5.56 Å². The lowest BCUT2D eigenvalue weighted by molar-refractivity contribution is 0.0315. The van der Waals surface area contributed by atoms with E-state index in [4.69, 9.17) is 9.72 Å². The van der Waals surface area contributed by atoms with Gasteiger partial charge in [-0.1, -0.05) is 20.8 Å². The van der Waals surface area contributed by atoms with Crippen molar-refractivity contribution in [2.75, 3.05) is 12.4 Å². The van der Waals surface area contributed by atoms with E-state index >= 15 is 0 Å². The van der Waals surface area contributed by atoms with Gasteiger partial charge in [0.1, 0.15) is 16.2 Å². The zero-order chi connectivity index (χ0) is 20.3. The highest BCUT2D eigenvalue weighted by Gasteiger charge is 2.21. The first-order valence-electron chi connectivity index (χ1n) is 10.2. The highest BCUT2D eigenvalue weighted by molar-refractivity contribution is 7.99. The predicted molar refractivity (Wildman–Crippen MR) is 112 cm³/mol. The first kappa shape index (κ1) is 21.0. The number of hydrogen-bond acceptors (Lipinski definition) is 6. The Morgan fingerprint density at radius 2 is 2.04 bits per heavy atom. The molecule has 1 atom stereocenters. The van der Waals surface area contributed by atoms with E-state index in [9.17, 15) is 9.59 Å². The van der Waals surface area contributed by atoms with Crippen molar-refractivity contribution >= 4 is 22.8 Å². The van der Waals surface area contributed by atoms with Crippen LogP contribution < -0.4 is 11.2 Å². The fraction of sp³-hybridized carbons (Fsp3) is 0.700. The summed E-state index contributed by atoms with van der Waals surface area (Å²) in [5.41, 5.74) is -0.178. The lowest BCUT2D eigenvalue weighted by Gasteiger charge is -2.22. The summed E-state index contributed by atoms with van der Waals surface area (Å²) >= 11 is 1.55. The molecule has 0 aromatic carbocycles. The molecule has 0 spiro atoms. The molecule has 2 aromatic heterocycles. The topological polar surface area (TPSA) is 79.0 Å². The number of ether oxygens (including phenoxy) is 1. The summed E-state index contributed by atoms with van der Waals surface area (Å²) in [6, 6.07) is 0. The molecule has 1 aliphatic rings. The summed E-state index contributed by atoms with van der Waals surface area (Å²) in [6.07, 6.45) is 5.00. The molecule has 3 heterocycles. The minimum absolute atomic E-state index is 0.183. The van der Waals surface area contributed by atoms with Crippen LogP contribution in [0.4, 0.5) is 0 Å². The van der Waals surface area contributed by atoms with Crippen molar-refractivity contribution in [2.24, 2.45) is 13.0 Å². The summed E-state index contributed by atoms with van der Waals surface area (Å²) in [6.45, 7) is 7.55. The number of rotatable bonds is 7. The zero-order valence-corrected chi connectivity index (χ0v) is 18.0. The van der Waals surface area contributed by atoms with Crippen molar-refractivity contribution in [1.82, 2.24) is 19.1 Å². The molecule has 0 amide bonds. The number of hydrogen-bond donors (Lipinski definition) is 0. The van der Waals surface area contributed by atoms with E-state index in [1.807, 2.05) is 6.92 Å². The highest BCUT2D eigenvalue weighted by Crippen LogP contribution is 2.26. The molecular weight excluding hydrogens is 376 g/mol. The third-order valence-corrected chi connectivity index (χ3v) is 6.02. The number of fused-ring (bicyclic) bond motifs is 1. The first-order valence-corrected chi connectivity index (χ1v) is 11.2. The van der Waals surface area contributed by atoms with Crippen LogP contribution in [0.2, 0.25) is 0 Å². The van der Waals surface area contributed by atoms with E-state index in [-0.39, 0.29) is 17.4 Å². The van der Waals surface area contributed by atoms with Crippen molar-refractivity contribution in [3.8, 4) is 0 Å². The van der Waals surface area contributed by atoms with Gasteiger partial charge in [-0.15, -0.1) is 11.8 Å². The molecule has 2 aromatic rings. The van der Waals surface area contributed by atoms with Gasteiger partial charge in [0, 0.05) is 32.4 Å². The monoisotopic (exact) mass is 406 g/mol. The van der Waals surface area contributed by atoms with Gasteiger partial charge in [0.05, 0.1) is 6.10 Å². The molecule has 0 unspecified atom stereocenters. The Morgan fingerprint density at radius 3 is 2.68 bits per heavy atom. The third-order valence-electron chi connectivity index (χ3n) is 4.91. The SMILES string of the molecule is CCCn1c(=O)n(C)c(=O)c2c(SC[C@H]3CCCCO3)nc(CC(C)C)nc21. The molecule has 0 aliphatic carbocycles. The fourth-order valence-electron chi connectivity index (χ4n) is 3.48. The number of thioether (sulfide) groups is 1. The molecule has 1 fully saturated rings. The standard InChI is InChI=1S/C20H30N4O3S/c1-5-9-24-17-16(19(25)23(4)20(24)26)18(22-15(21-17)11-13(2)3)28-12-14-8-6-7-10-27-14/h13-14H,5-12H2,1-4H3/t14-/m1/s1. The maximum Gasteiger partial charge on any atom is 0.332 e. The molecular formula is C20H30N4O3S. The van der Waals surface area contributed by atoms with E-state index < -0.39 is 0 Å². The highest BCUT2D eigenvalue weighted by atomic mass is 32.2. The largest absolute Gasteiger partial charge is 0.377 e. The van der Waals surface area contributed by atoms with Crippen LogP contribution in [0.15, 0.2) is 14.6 Å². The van der Waals surface area contributed by atoms with Crippen LogP contribution in [0.3, 0.4) is 0 Å². The van der Waals surface area contributed by atoms with Crippen LogP contribution in [-0.4, -0.2) is 37.6 Å². The van der Waals surface area contributed by atoms with Gasteiger partial charge in [-0.25, -0.2) is 14.8 Å². The number of aromatic nitrogens is 4. The van der Waals surface area contributed by atoms with E-state index in [2.05, 4.69) is 18.8 Å². The fourth-order valence-corrected chi connectivity index (χ4v) is 4.58. The van der Waals surface area contributed by atoms with Gasteiger partial charge in [0.2, 0.25) is 0 Å². The Hall–Kier alpha value is -1.67. The molecule has 0 N–H and O–H groups in total. The third kappa shape index (κ3) is 4.49. The van der Waals surface area contributed by atoms with Gasteiger partial charge >= 0.3 is 5.69 Å². The van der Waals surface area contributed by atoms with Crippen LogP contribution in [0.1, 0.15) is 52.3 Å². The van der Waals surface area contributed by atoms with E-state index in [1.54, 1.807) is 16.3 Å². The molecule has 1 aliphatic heterocycles. The Kier molecular flexibility index (Phi) is 6.93. The van der Waals surface area contributed by atoms with E-state index in [0.29, 0.717) is 40.8 Å². The van der Waals surface area contributed by atoms with E-state index in [1.165, 1.54) is 18.0 Å². The van der Waals surface area contributed by atoms with Crippen LogP contribution in [0, 0.1) is 5.92 Å². The Labute approximate surface area is 169 Å². The number of nitrogens with zero attached hydrogens (tertiary/aromatic N) is 4. The second kappa shape index (κ2) is 9.22. The Morgan fingerprint density at radius 1 is 1.25 bits per heavy atom. The molecule has 3 rings (SSSR count). The van der Waals surface area contributed by atoms with E-state index in [0.717, 1.165) is 31.6 Å². The second-order valence-electron chi connectivity index (χ2n) is 7.84. The smallest absolute Gasteiger partial charge is 0.332 e. The Bertz CT molecular complexity index is 945. The average molecular weight is 407 g/mol. The summed E-state index contributed by atoms with van der Waals surface area (Å²) in [7, 11) is 1.52. The van der Waals surface area contributed by atoms with Gasteiger partial charge in [0.15, 0.2) is 5.65 Å². The normalized spacial score (nSPS) is 17.5. The summed E-state index contributed by atoms with van der Waals surface area (Å²) in [4.78, 5) is 35.0. The van der Waals surface area contributed by atoms with Crippen molar-refractivity contribution in [3.05, 3.63) is 26.7 Å². The van der Waals surface area contributed by atoms with Crippen molar-refractivity contribution < 1.29 is 4.74 Å². The average Bonchev–Trinajstić information content (AvgIpc) is 2.68. The van der Waals surface area contributed by atoms with Crippen LogP contribution in [-0.2, 0) is 24.8 Å². The minimum Gasteiger partial charge on any atom is -0.377 e. The Balaban J connectivity index is 2.13. The van der Waals surface area contributed by atoms with Crippen LogP contribution in [0.25, 0.3) is 11.0 Å². The quantitative estimate of drug-likeness (QED) is 0.520. The summed E-state index contributed by atoms with van der Waals surface area (Å²) in [5.74, 6) is 1.82. The molecule has 8 heteroatoms. The number of aryl methyl sites for hydroxylation is 1. The zero-order valence-electron chi connectivity index (χ0n) is 17.2. The maximum atomic E-state index is 12.9. The first-order chi connectivity index (χ1) is 13.4. The maximum absolute atomic E-state index is 12.9. The lowest BCUT2D eigenvalue weighted by atomic mass is 10.1. The second-order valence-corrected chi connectivity index (χ2v) is 8.85. The van der Waals surface area contributed by atoms with Crippen molar-refractivity contribution in [3.63, 3.8) is 0 Å². The van der Waals surface area contributed by atoms with Gasteiger partial charge in [-0.2, -0.15) is 0 Å². The molecule has 0 radical (unpaired) electrons. The molecule has 154 valence electrons. The lowest BCUT2D eigenvalue weighted by Crippen LogP contribution is -2.39. The van der Waals surface area contributed by atoms with Crippen LogP contribution >= 0.6 is 11.8 Å². The molecule has 1 saturated heterocycles. The van der Waals surface area contributed by atoms with Gasteiger partial charge < -0.3 is 4.74 Å². The molecule has 28 heavy (non-hydrogen) atoms. The van der Waals surface area contributed by atoms with Crippen LogP contribution in [0.5, 0.6) is 0 Å². The minimum atomic E-state index is -0.324. The molecule has 7 nitrogen and oxygen atoms in total. The summed E-state index contributed by atoms with van der Waals surface area (Å²) in [5, 5.41) is 1.11. The van der Waals surface area contributed by atoms with Crippen molar-refractivity contribution in [1.29, 1.82) is 0 Å². The predicted octanol–water partition coefficient (Wildman–Crippen LogP) is 2.76. The summed E-state index contributed by atoms with van der Waals surface area (Å²) < 4.78 is 8.62. The van der Waals surface area contributed by atoms with Crippen molar-refractivity contribution in [2.45, 2.75) is 70.6 Å².